The zero-order valence-corrected chi connectivity index (χ0v) is 11.9. The van der Waals surface area contributed by atoms with Crippen molar-refractivity contribution in [1.82, 2.24) is 15.2 Å². The maximum Gasteiger partial charge on any atom is 0.254 e. The second kappa shape index (κ2) is 4.87. The summed E-state index contributed by atoms with van der Waals surface area (Å²) in [4.78, 5) is 19.0. The van der Waals surface area contributed by atoms with Crippen LogP contribution in [0.3, 0.4) is 0 Å². The number of nitrogens with zero attached hydrogens (tertiary/aromatic N) is 2. The number of piperazine rings is 1. The smallest absolute Gasteiger partial charge is 0.254 e. The fourth-order valence-electron chi connectivity index (χ4n) is 2.72. The summed E-state index contributed by atoms with van der Waals surface area (Å²) in [5, 5.41) is 4.34. The Labute approximate surface area is 118 Å². The molecule has 0 spiro atoms. The summed E-state index contributed by atoms with van der Waals surface area (Å²) < 4.78 is 0. The molecule has 1 aromatic carbocycles. The summed E-state index contributed by atoms with van der Waals surface area (Å²) in [6.07, 6.45) is 1.77. The van der Waals surface area contributed by atoms with Crippen LogP contribution in [0, 0.1) is 0 Å². The van der Waals surface area contributed by atoms with E-state index in [2.05, 4.69) is 24.1 Å². The van der Waals surface area contributed by atoms with Crippen LogP contribution in [0.4, 0.5) is 0 Å². The number of aromatic nitrogens is 1. The predicted octanol–water partition coefficient (Wildman–Crippen LogP) is 2.06. The second-order valence-corrected chi connectivity index (χ2v) is 5.86. The highest BCUT2D eigenvalue weighted by atomic mass is 16.2. The number of carbonyl (C=O) groups excluding carboxylic acids is 1. The first-order chi connectivity index (χ1) is 9.58. The van der Waals surface area contributed by atoms with Gasteiger partial charge in [-0.2, -0.15) is 0 Å². The van der Waals surface area contributed by atoms with Gasteiger partial charge in [0.05, 0.1) is 11.1 Å². The van der Waals surface area contributed by atoms with Crippen molar-refractivity contribution in [2.24, 2.45) is 0 Å². The molecule has 0 aliphatic carbocycles. The van der Waals surface area contributed by atoms with Gasteiger partial charge in [-0.1, -0.05) is 6.07 Å². The molecule has 1 aliphatic rings. The third kappa shape index (κ3) is 2.27. The average Bonchev–Trinajstić information content (AvgIpc) is 2.45. The molecule has 20 heavy (non-hydrogen) atoms. The Bertz CT molecular complexity index is 651. The van der Waals surface area contributed by atoms with Crippen LogP contribution in [0.1, 0.15) is 24.2 Å². The highest BCUT2D eigenvalue weighted by Gasteiger charge is 2.33. The number of rotatable bonds is 1. The van der Waals surface area contributed by atoms with E-state index < -0.39 is 0 Å². The van der Waals surface area contributed by atoms with E-state index >= 15 is 0 Å². The molecule has 104 valence electrons. The number of hydrogen-bond acceptors (Lipinski definition) is 3. The first-order valence-corrected chi connectivity index (χ1v) is 6.95. The minimum absolute atomic E-state index is 0.0993. The summed E-state index contributed by atoms with van der Waals surface area (Å²) in [7, 11) is 0. The third-order valence-electron chi connectivity index (χ3n) is 3.90. The molecule has 1 fully saturated rings. The average molecular weight is 269 g/mol. The molecule has 2 heterocycles. The zero-order valence-electron chi connectivity index (χ0n) is 11.9. The maximum absolute atomic E-state index is 12.7. The van der Waals surface area contributed by atoms with Gasteiger partial charge < -0.3 is 10.2 Å². The van der Waals surface area contributed by atoms with Crippen LogP contribution in [0.2, 0.25) is 0 Å². The van der Waals surface area contributed by atoms with Crippen LogP contribution >= 0.6 is 0 Å². The summed E-state index contributed by atoms with van der Waals surface area (Å²) in [6.45, 7) is 6.62. The van der Waals surface area contributed by atoms with Gasteiger partial charge in [-0.3, -0.25) is 9.78 Å². The molecule has 2 aromatic rings. The van der Waals surface area contributed by atoms with Gasteiger partial charge in [0.15, 0.2) is 0 Å². The number of carbonyl (C=O) groups is 1. The van der Waals surface area contributed by atoms with Crippen molar-refractivity contribution in [2.75, 3.05) is 19.6 Å². The van der Waals surface area contributed by atoms with Crippen LogP contribution in [-0.4, -0.2) is 41.0 Å². The molecule has 0 unspecified atom stereocenters. The second-order valence-electron chi connectivity index (χ2n) is 5.86. The van der Waals surface area contributed by atoms with Crippen molar-refractivity contribution in [1.29, 1.82) is 0 Å². The summed E-state index contributed by atoms with van der Waals surface area (Å²) in [5.74, 6) is 0.0993. The fraction of sp³-hybridized carbons (Fsp3) is 0.375. The standard InChI is InChI=1S/C16H19N3O/c1-16(2)11-17-8-9-19(16)15(20)13-5-6-14-12(10-13)4-3-7-18-14/h3-7,10,17H,8-9,11H2,1-2H3. The molecule has 3 rings (SSSR count). The lowest BCUT2D eigenvalue weighted by Crippen LogP contribution is -2.59. The van der Waals surface area contributed by atoms with Crippen LogP contribution < -0.4 is 5.32 Å². The zero-order chi connectivity index (χ0) is 14.2. The number of hydrogen-bond donors (Lipinski definition) is 1. The monoisotopic (exact) mass is 269 g/mol. The van der Waals surface area contributed by atoms with Gasteiger partial charge in [-0.15, -0.1) is 0 Å². The molecule has 1 amide bonds. The van der Waals surface area contributed by atoms with Crippen LogP contribution in [0.15, 0.2) is 36.5 Å². The number of benzene rings is 1. The van der Waals surface area contributed by atoms with Gasteiger partial charge in [0.1, 0.15) is 0 Å². The van der Waals surface area contributed by atoms with Crippen molar-refractivity contribution in [3.63, 3.8) is 0 Å². The van der Waals surface area contributed by atoms with Gasteiger partial charge in [-0.25, -0.2) is 0 Å². The normalized spacial score (nSPS) is 18.2. The summed E-state index contributed by atoms with van der Waals surface area (Å²) >= 11 is 0. The van der Waals surface area contributed by atoms with E-state index in [0.717, 1.165) is 36.1 Å². The molecule has 1 N–H and O–H groups in total. The number of nitrogens with one attached hydrogen (secondary N) is 1. The molecule has 4 nitrogen and oxygen atoms in total. The van der Waals surface area contributed by atoms with Crippen molar-refractivity contribution in [3.05, 3.63) is 42.1 Å². The summed E-state index contributed by atoms with van der Waals surface area (Å²) in [6, 6.07) is 9.60. The number of amides is 1. The highest BCUT2D eigenvalue weighted by Crippen LogP contribution is 2.21. The van der Waals surface area contributed by atoms with Crippen LogP contribution in [0.25, 0.3) is 10.9 Å². The topological polar surface area (TPSA) is 45.2 Å². The van der Waals surface area contributed by atoms with Gasteiger partial charge in [-0.05, 0) is 38.1 Å². The van der Waals surface area contributed by atoms with Crippen molar-refractivity contribution >= 4 is 16.8 Å². The minimum atomic E-state index is -0.154. The molecule has 0 atom stereocenters. The Balaban J connectivity index is 1.95. The Morgan fingerprint density at radius 1 is 1.35 bits per heavy atom. The van der Waals surface area contributed by atoms with Crippen LogP contribution in [-0.2, 0) is 0 Å². The van der Waals surface area contributed by atoms with Crippen molar-refractivity contribution < 1.29 is 4.79 Å². The Hall–Kier alpha value is -1.94. The number of pyridine rings is 1. The van der Waals surface area contributed by atoms with Gasteiger partial charge >= 0.3 is 0 Å². The Kier molecular flexibility index (Phi) is 3.18. The van der Waals surface area contributed by atoms with Crippen molar-refractivity contribution in [2.45, 2.75) is 19.4 Å². The van der Waals surface area contributed by atoms with E-state index in [1.807, 2.05) is 35.2 Å². The van der Waals surface area contributed by atoms with Gasteiger partial charge in [0.25, 0.3) is 5.91 Å². The minimum Gasteiger partial charge on any atom is -0.331 e. The quantitative estimate of drug-likeness (QED) is 0.862. The van der Waals surface area contributed by atoms with E-state index in [4.69, 9.17) is 0 Å². The predicted molar refractivity (Wildman–Crippen MR) is 79.7 cm³/mol. The number of fused-ring (bicyclic) bond motifs is 1. The molecule has 1 saturated heterocycles. The lowest BCUT2D eigenvalue weighted by Gasteiger charge is -2.42. The molecular formula is C16H19N3O. The molecule has 4 heteroatoms. The molecule has 1 aromatic heterocycles. The Morgan fingerprint density at radius 3 is 3.00 bits per heavy atom. The molecular weight excluding hydrogens is 250 g/mol. The lowest BCUT2D eigenvalue weighted by molar-refractivity contribution is 0.0477. The van der Waals surface area contributed by atoms with Gasteiger partial charge in [0.2, 0.25) is 0 Å². The molecule has 0 saturated carbocycles. The van der Waals surface area contributed by atoms with Gasteiger partial charge in [0, 0.05) is 36.8 Å². The first-order valence-electron chi connectivity index (χ1n) is 6.95. The van der Waals surface area contributed by atoms with Crippen molar-refractivity contribution in [3.8, 4) is 0 Å². The maximum atomic E-state index is 12.7. The highest BCUT2D eigenvalue weighted by molar-refractivity contribution is 5.98. The SMILES string of the molecule is CC1(C)CNCCN1C(=O)c1ccc2ncccc2c1. The fourth-order valence-corrected chi connectivity index (χ4v) is 2.72. The summed E-state index contributed by atoms with van der Waals surface area (Å²) in [5.41, 5.74) is 1.50. The Morgan fingerprint density at radius 2 is 2.20 bits per heavy atom. The first kappa shape index (κ1) is 13.1. The molecule has 0 bridgehead atoms. The van der Waals surface area contributed by atoms with E-state index in [1.165, 1.54) is 0 Å². The van der Waals surface area contributed by atoms with E-state index in [1.54, 1.807) is 6.20 Å². The largest absolute Gasteiger partial charge is 0.331 e. The lowest BCUT2D eigenvalue weighted by atomic mass is 9.98. The van der Waals surface area contributed by atoms with E-state index in [-0.39, 0.29) is 11.4 Å². The third-order valence-corrected chi connectivity index (χ3v) is 3.90. The van der Waals surface area contributed by atoms with E-state index in [0.29, 0.717) is 0 Å². The molecule has 0 radical (unpaired) electrons. The van der Waals surface area contributed by atoms with Crippen LogP contribution in [0.5, 0.6) is 0 Å². The van der Waals surface area contributed by atoms with E-state index in [9.17, 15) is 4.79 Å². The molecule has 1 aliphatic heterocycles.